The maximum atomic E-state index is 6.86. The van der Waals surface area contributed by atoms with E-state index >= 15 is 0 Å². The summed E-state index contributed by atoms with van der Waals surface area (Å²) in [7, 11) is 0. The van der Waals surface area contributed by atoms with Crippen molar-refractivity contribution in [1.29, 1.82) is 0 Å². The van der Waals surface area contributed by atoms with Gasteiger partial charge in [0, 0.05) is 18.5 Å². The van der Waals surface area contributed by atoms with Crippen LogP contribution in [0.25, 0.3) is 0 Å². The van der Waals surface area contributed by atoms with E-state index in [2.05, 4.69) is 37.8 Å². The van der Waals surface area contributed by atoms with Crippen molar-refractivity contribution < 1.29 is 0 Å². The number of aryl methyl sites for hydroxylation is 1. The third kappa shape index (κ3) is 3.22. The quantitative estimate of drug-likeness (QED) is 0.920. The molecule has 1 fully saturated rings. The summed E-state index contributed by atoms with van der Waals surface area (Å²) in [5.41, 5.74) is 6.99. The van der Waals surface area contributed by atoms with Crippen LogP contribution in [0.15, 0.2) is 6.33 Å². The van der Waals surface area contributed by atoms with Gasteiger partial charge >= 0.3 is 0 Å². The summed E-state index contributed by atoms with van der Waals surface area (Å²) in [5, 5.41) is 4.34. The average Bonchev–Trinajstić information content (AvgIpc) is 2.75. The van der Waals surface area contributed by atoms with Crippen LogP contribution in [0.4, 0.5) is 0 Å². The zero-order valence-corrected chi connectivity index (χ0v) is 13.5. The van der Waals surface area contributed by atoms with Crippen molar-refractivity contribution in [2.24, 2.45) is 17.1 Å². The van der Waals surface area contributed by atoms with Gasteiger partial charge in [-0.25, -0.2) is 4.98 Å². The third-order valence-electron chi connectivity index (χ3n) is 4.74. The lowest BCUT2D eigenvalue weighted by atomic mass is 9.61. The SMILES string of the molecule is CCCn1ncnc1CC1(N)CCCCC1C(C)(C)C. The highest BCUT2D eigenvalue weighted by Crippen LogP contribution is 2.44. The van der Waals surface area contributed by atoms with Crippen molar-refractivity contribution in [3.8, 4) is 0 Å². The lowest BCUT2D eigenvalue weighted by Crippen LogP contribution is -2.55. The van der Waals surface area contributed by atoms with Crippen molar-refractivity contribution in [2.45, 2.75) is 78.3 Å². The Morgan fingerprint density at radius 3 is 2.80 bits per heavy atom. The van der Waals surface area contributed by atoms with Crippen molar-refractivity contribution in [3.05, 3.63) is 12.2 Å². The summed E-state index contributed by atoms with van der Waals surface area (Å²) >= 11 is 0. The molecule has 1 saturated carbocycles. The molecule has 1 aliphatic carbocycles. The molecule has 2 unspecified atom stereocenters. The summed E-state index contributed by atoms with van der Waals surface area (Å²) in [6.45, 7) is 10.1. The fraction of sp³-hybridized carbons (Fsp3) is 0.875. The van der Waals surface area contributed by atoms with E-state index in [4.69, 9.17) is 5.73 Å². The van der Waals surface area contributed by atoms with Gasteiger partial charge in [-0.15, -0.1) is 0 Å². The molecule has 1 aliphatic rings. The largest absolute Gasteiger partial charge is 0.324 e. The summed E-state index contributed by atoms with van der Waals surface area (Å²) in [6.07, 6.45) is 8.50. The zero-order chi connectivity index (χ0) is 14.8. The van der Waals surface area contributed by atoms with Gasteiger partial charge in [-0.05, 0) is 30.6 Å². The summed E-state index contributed by atoms with van der Waals surface area (Å²) in [4.78, 5) is 4.46. The standard InChI is InChI=1S/C16H30N4/c1-5-10-20-14(18-12-19-20)11-16(17)9-7-6-8-13(16)15(2,3)4/h12-13H,5-11,17H2,1-4H3. The Bertz CT molecular complexity index is 432. The molecule has 4 heteroatoms. The van der Waals surface area contributed by atoms with Gasteiger partial charge in [0.15, 0.2) is 0 Å². The van der Waals surface area contributed by atoms with E-state index < -0.39 is 0 Å². The van der Waals surface area contributed by atoms with Crippen molar-refractivity contribution in [2.75, 3.05) is 0 Å². The number of aromatic nitrogens is 3. The molecule has 1 aromatic heterocycles. The van der Waals surface area contributed by atoms with Crippen LogP contribution in [0.2, 0.25) is 0 Å². The molecule has 2 atom stereocenters. The first kappa shape index (κ1) is 15.5. The average molecular weight is 278 g/mol. The molecule has 114 valence electrons. The molecule has 20 heavy (non-hydrogen) atoms. The molecule has 1 aromatic rings. The Balaban J connectivity index is 2.21. The van der Waals surface area contributed by atoms with Crippen LogP contribution in [-0.2, 0) is 13.0 Å². The van der Waals surface area contributed by atoms with Gasteiger partial charge in [0.1, 0.15) is 12.2 Å². The van der Waals surface area contributed by atoms with Crippen LogP contribution in [-0.4, -0.2) is 20.3 Å². The number of nitrogens with zero attached hydrogens (tertiary/aromatic N) is 3. The fourth-order valence-corrected chi connectivity index (χ4v) is 3.89. The molecule has 0 saturated heterocycles. The van der Waals surface area contributed by atoms with Crippen molar-refractivity contribution in [3.63, 3.8) is 0 Å². The minimum absolute atomic E-state index is 0.130. The first-order chi connectivity index (χ1) is 9.37. The smallest absolute Gasteiger partial charge is 0.138 e. The molecule has 2 N–H and O–H groups in total. The van der Waals surface area contributed by atoms with Crippen LogP contribution in [0.3, 0.4) is 0 Å². The van der Waals surface area contributed by atoms with Gasteiger partial charge < -0.3 is 5.73 Å². The normalized spacial score (nSPS) is 27.8. The highest BCUT2D eigenvalue weighted by atomic mass is 15.3. The maximum Gasteiger partial charge on any atom is 0.138 e. The Morgan fingerprint density at radius 1 is 1.40 bits per heavy atom. The minimum Gasteiger partial charge on any atom is -0.324 e. The van der Waals surface area contributed by atoms with Gasteiger partial charge in [-0.1, -0.05) is 40.5 Å². The number of rotatable bonds is 4. The highest BCUT2D eigenvalue weighted by Gasteiger charge is 2.44. The van der Waals surface area contributed by atoms with Crippen LogP contribution in [0, 0.1) is 11.3 Å². The molecule has 0 radical (unpaired) electrons. The second-order valence-electron chi connectivity index (χ2n) is 7.47. The van der Waals surface area contributed by atoms with E-state index in [0.29, 0.717) is 5.92 Å². The lowest BCUT2D eigenvalue weighted by molar-refractivity contribution is 0.0771. The van der Waals surface area contributed by atoms with Crippen LogP contribution in [0.5, 0.6) is 0 Å². The first-order valence-corrected chi connectivity index (χ1v) is 8.02. The molecule has 2 rings (SSSR count). The van der Waals surface area contributed by atoms with Gasteiger partial charge in [0.2, 0.25) is 0 Å². The van der Waals surface area contributed by atoms with E-state index in [1.54, 1.807) is 6.33 Å². The van der Waals surface area contributed by atoms with Crippen molar-refractivity contribution in [1.82, 2.24) is 14.8 Å². The molecule has 4 nitrogen and oxygen atoms in total. The second kappa shape index (κ2) is 5.84. The summed E-state index contributed by atoms with van der Waals surface area (Å²) in [6, 6.07) is 0. The molecular weight excluding hydrogens is 248 g/mol. The maximum absolute atomic E-state index is 6.86. The molecule has 0 aromatic carbocycles. The van der Waals surface area contributed by atoms with E-state index in [9.17, 15) is 0 Å². The Labute approximate surface area is 123 Å². The van der Waals surface area contributed by atoms with Crippen LogP contribution < -0.4 is 5.73 Å². The van der Waals surface area contributed by atoms with E-state index in [-0.39, 0.29) is 11.0 Å². The molecule has 0 spiro atoms. The van der Waals surface area contributed by atoms with Gasteiger partial charge in [-0.2, -0.15) is 5.10 Å². The van der Waals surface area contributed by atoms with Gasteiger partial charge in [0.25, 0.3) is 0 Å². The first-order valence-electron chi connectivity index (χ1n) is 8.02. The van der Waals surface area contributed by atoms with Gasteiger partial charge in [-0.3, -0.25) is 4.68 Å². The number of nitrogens with two attached hydrogens (primary N) is 1. The molecule has 0 aliphatic heterocycles. The van der Waals surface area contributed by atoms with Crippen LogP contribution in [0.1, 0.15) is 65.6 Å². The highest BCUT2D eigenvalue weighted by molar-refractivity contribution is 5.05. The molecular formula is C16H30N4. The molecule has 0 bridgehead atoms. The third-order valence-corrected chi connectivity index (χ3v) is 4.74. The monoisotopic (exact) mass is 278 g/mol. The Kier molecular flexibility index (Phi) is 4.52. The predicted octanol–water partition coefficient (Wildman–Crippen LogP) is 3.16. The Morgan fingerprint density at radius 2 is 2.15 bits per heavy atom. The summed E-state index contributed by atoms with van der Waals surface area (Å²) in [5.74, 6) is 1.61. The number of hydrogen-bond donors (Lipinski definition) is 1. The minimum atomic E-state index is -0.130. The zero-order valence-electron chi connectivity index (χ0n) is 13.5. The Hall–Kier alpha value is -0.900. The summed E-state index contributed by atoms with van der Waals surface area (Å²) < 4.78 is 2.03. The molecule has 1 heterocycles. The van der Waals surface area contributed by atoms with Crippen molar-refractivity contribution >= 4 is 0 Å². The van der Waals surface area contributed by atoms with Crippen LogP contribution >= 0.6 is 0 Å². The fourth-order valence-electron chi connectivity index (χ4n) is 3.89. The lowest BCUT2D eigenvalue weighted by Gasteiger charge is -2.48. The van der Waals surface area contributed by atoms with E-state index in [1.165, 1.54) is 19.3 Å². The second-order valence-corrected chi connectivity index (χ2v) is 7.47. The predicted molar refractivity (Wildman–Crippen MR) is 82.3 cm³/mol. The van der Waals surface area contributed by atoms with Gasteiger partial charge in [0.05, 0.1) is 0 Å². The molecule has 0 amide bonds. The van der Waals surface area contributed by atoms with E-state index in [1.807, 2.05) is 4.68 Å². The number of hydrogen-bond acceptors (Lipinski definition) is 3. The van der Waals surface area contributed by atoms with E-state index in [0.717, 1.165) is 31.6 Å². The topological polar surface area (TPSA) is 56.7 Å².